The van der Waals surface area contributed by atoms with E-state index in [4.69, 9.17) is 0 Å². The van der Waals surface area contributed by atoms with Crippen LogP contribution >= 0.6 is 0 Å². The van der Waals surface area contributed by atoms with Gasteiger partial charge < -0.3 is 9.80 Å². The largest absolute Gasteiger partial charge is 0.335 e. The molecule has 2 heterocycles. The summed E-state index contributed by atoms with van der Waals surface area (Å²) >= 11 is 0. The van der Waals surface area contributed by atoms with Gasteiger partial charge >= 0.3 is 0 Å². The zero-order valence-corrected chi connectivity index (χ0v) is 18.4. The maximum Gasteiger partial charge on any atom is 0.277 e. The van der Waals surface area contributed by atoms with E-state index in [9.17, 15) is 13.2 Å². The van der Waals surface area contributed by atoms with Crippen LogP contribution in [0.1, 0.15) is 31.4 Å². The third kappa shape index (κ3) is 4.75. The molecule has 1 amide bonds. The summed E-state index contributed by atoms with van der Waals surface area (Å²) in [5.41, 5.74) is 2.06. The molecule has 156 valence electrons. The SMILES string of the molecule is Cc1ccc(S(=O)(=O)N2CCN(C(=O)C[NH+]3C[C@@H](C)C[C@H](C)C3)CC2)cc1C. The fourth-order valence-corrected chi connectivity index (χ4v) is 6.10. The lowest BCUT2D eigenvalue weighted by Crippen LogP contribution is -3.15. The lowest BCUT2D eigenvalue weighted by molar-refractivity contribution is -0.904. The fraction of sp³-hybridized carbons (Fsp3) is 0.667. The minimum Gasteiger partial charge on any atom is -0.335 e. The number of quaternary nitrogens is 1. The first kappa shape index (κ1) is 21.3. The molecule has 1 N–H and O–H groups in total. The summed E-state index contributed by atoms with van der Waals surface area (Å²) in [7, 11) is -3.50. The predicted molar refractivity (Wildman–Crippen MR) is 110 cm³/mol. The first-order chi connectivity index (χ1) is 13.2. The monoisotopic (exact) mass is 408 g/mol. The standard InChI is InChI=1S/C21H33N3O3S/c1-16-11-17(2)14-22(13-16)15-21(25)23-7-9-24(10-8-23)28(26,27)20-6-5-18(3)19(4)12-20/h5-6,12,16-17H,7-11,13-15H2,1-4H3/p+1/t16-,17-/m0/s1. The van der Waals surface area contributed by atoms with Gasteiger partial charge in [-0.1, -0.05) is 19.9 Å². The lowest BCUT2D eigenvalue weighted by atomic mass is 9.92. The Balaban J connectivity index is 1.57. The summed E-state index contributed by atoms with van der Waals surface area (Å²) < 4.78 is 27.4. The minimum atomic E-state index is -3.50. The van der Waals surface area contributed by atoms with E-state index >= 15 is 0 Å². The van der Waals surface area contributed by atoms with Crippen LogP contribution in [0.3, 0.4) is 0 Å². The smallest absolute Gasteiger partial charge is 0.277 e. The second-order valence-corrected chi connectivity index (χ2v) is 10.7. The second-order valence-electron chi connectivity index (χ2n) is 8.81. The number of hydrogen-bond donors (Lipinski definition) is 1. The van der Waals surface area contributed by atoms with Crippen LogP contribution in [0.5, 0.6) is 0 Å². The molecule has 2 aliphatic heterocycles. The van der Waals surface area contributed by atoms with E-state index in [-0.39, 0.29) is 5.91 Å². The average Bonchev–Trinajstić information content (AvgIpc) is 2.63. The molecule has 1 aromatic rings. The van der Waals surface area contributed by atoms with Gasteiger partial charge in [0.15, 0.2) is 6.54 Å². The van der Waals surface area contributed by atoms with Crippen LogP contribution in [0, 0.1) is 25.7 Å². The molecule has 2 atom stereocenters. The van der Waals surface area contributed by atoms with Gasteiger partial charge in [0.1, 0.15) is 0 Å². The molecule has 0 aliphatic carbocycles. The highest BCUT2D eigenvalue weighted by molar-refractivity contribution is 7.89. The van der Waals surface area contributed by atoms with E-state index in [2.05, 4.69) is 13.8 Å². The molecule has 0 saturated carbocycles. The van der Waals surface area contributed by atoms with Crippen molar-refractivity contribution in [3.8, 4) is 0 Å². The number of piperidine rings is 1. The topological polar surface area (TPSA) is 62.1 Å². The molecule has 3 rings (SSSR count). The summed E-state index contributed by atoms with van der Waals surface area (Å²) in [4.78, 5) is 16.3. The normalized spacial score (nSPS) is 27.0. The van der Waals surface area contributed by atoms with Gasteiger partial charge in [-0.25, -0.2) is 8.42 Å². The first-order valence-corrected chi connectivity index (χ1v) is 11.8. The van der Waals surface area contributed by atoms with E-state index in [1.807, 2.05) is 24.8 Å². The van der Waals surface area contributed by atoms with Crippen molar-refractivity contribution < 1.29 is 18.1 Å². The van der Waals surface area contributed by atoms with Crippen molar-refractivity contribution in [2.45, 2.75) is 39.0 Å². The molecule has 2 fully saturated rings. The predicted octanol–water partition coefficient (Wildman–Crippen LogP) is 0.697. The Bertz CT molecular complexity index is 806. The number of hydrogen-bond acceptors (Lipinski definition) is 3. The van der Waals surface area contributed by atoms with Crippen molar-refractivity contribution in [2.75, 3.05) is 45.8 Å². The summed E-state index contributed by atoms with van der Waals surface area (Å²) in [6.07, 6.45) is 1.24. The van der Waals surface area contributed by atoms with Crippen molar-refractivity contribution in [2.24, 2.45) is 11.8 Å². The zero-order chi connectivity index (χ0) is 20.5. The van der Waals surface area contributed by atoms with Crippen molar-refractivity contribution in [1.82, 2.24) is 9.21 Å². The zero-order valence-electron chi connectivity index (χ0n) is 17.6. The number of amides is 1. The molecule has 0 aromatic heterocycles. The first-order valence-electron chi connectivity index (χ1n) is 10.4. The number of piperazine rings is 1. The van der Waals surface area contributed by atoms with Crippen LogP contribution in [0.2, 0.25) is 0 Å². The summed E-state index contributed by atoms with van der Waals surface area (Å²) in [5.74, 6) is 1.47. The number of rotatable bonds is 4. The van der Waals surface area contributed by atoms with Crippen molar-refractivity contribution in [1.29, 1.82) is 0 Å². The number of benzene rings is 1. The molecule has 7 heteroatoms. The van der Waals surface area contributed by atoms with Crippen LogP contribution in [0.4, 0.5) is 0 Å². The van der Waals surface area contributed by atoms with E-state index < -0.39 is 10.0 Å². The van der Waals surface area contributed by atoms with Crippen molar-refractivity contribution in [3.05, 3.63) is 29.3 Å². The Morgan fingerprint density at radius 1 is 1.04 bits per heavy atom. The van der Waals surface area contributed by atoms with Gasteiger partial charge in [0.25, 0.3) is 5.91 Å². The molecule has 6 nitrogen and oxygen atoms in total. The van der Waals surface area contributed by atoms with Gasteiger partial charge in [0, 0.05) is 38.0 Å². The molecule has 1 aromatic carbocycles. The Kier molecular flexibility index (Phi) is 6.47. The molecule has 28 heavy (non-hydrogen) atoms. The Labute approximate surface area is 169 Å². The summed E-state index contributed by atoms with van der Waals surface area (Å²) in [5, 5.41) is 0. The molecular formula is C21H34N3O3S+. The molecule has 0 spiro atoms. The number of carbonyl (C=O) groups excluding carboxylic acids is 1. The highest BCUT2D eigenvalue weighted by Gasteiger charge is 2.33. The van der Waals surface area contributed by atoms with Crippen LogP contribution < -0.4 is 4.90 Å². The van der Waals surface area contributed by atoms with Gasteiger partial charge in [0.05, 0.1) is 18.0 Å². The highest BCUT2D eigenvalue weighted by atomic mass is 32.2. The van der Waals surface area contributed by atoms with Crippen molar-refractivity contribution >= 4 is 15.9 Å². The van der Waals surface area contributed by atoms with Gasteiger partial charge in [0.2, 0.25) is 10.0 Å². The molecule has 0 radical (unpaired) electrons. The average molecular weight is 409 g/mol. The van der Waals surface area contributed by atoms with Crippen molar-refractivity contribution in [3.63, 3.8) is 0 Å². The maximum absolute atomic E-state index is 12.9. The lowest BCUT2D eigenvalue weighted by Gasteiger charge is -2.36. The summed E-state index contributed by atoms with van der Waals surface area (Å²) in [6.45, 7) is 12.7. The quantitative estimate of drug-likeness (QED) is 0.798. The third-order valence-electron chi connectivity index (χ3n) is 6.19. The maximum atomic E-state index is 12.9. The number of sulfonamides is 1. The fourth-order valence-electron chi connectivity index (χ4n) is 4.59. The van der Waals surface area contributed by atoms with Gasteiger partial charge in [-0.05, 0) is 43.5 Å². The Hall–Kier alpha value is -1.44. The number of nitrogens with one attached hydrogen (secondary N) is 1. The van der Waals surface area contributed by atoms with Crippen LogP contribution in [0.25, 0.3) is 0 Å². The molecular weight excluding hydrogens is 374 g/mol. The van der Waals surface area contributed by atoms with E-state index in [0.29, 0.717) is 49.5 Å². The van der Waals surface area contributed by atoms with Crippen LogP contribution in [0.15, 0.2) is 23.1 Å². The number of likely N-dealkylation sites (tertiary alicyclic amines) is 1. The molecule has 2 aliphatic rings. The third-order valence-corrected chi connectivity index (χ3v) is 8.08. The minimum absolute atomic E-state index is 0.152. The number of aryl methyl sites for hydroxylation is 2. The Morgan fingerprint density at radius 2 is 1.64 bits per heavy atom. The Morgan fingerprint density at radius 3 is 2.21 bits per heavy atom. The molecule has 2 saturated heterocycles. The summed E-state index contributed by atoms with van der Waals surface area (Å²) in [6, 6.07) is 5.27. The van der Waals surface area contributed by atoms with E-state index in [1.54, 1.807) is 12.1 Å². The number of carbonyl (C=O) groups is 1. The van der Waals surface area contributed by atoms with Gasteiger partial charge in [-0.15, -0.1) is 0 Å². The van der Waals surface area contributed by atoms with E-state index in [0.717, 1.165) is 24.2 Å². The van der Waals surface area contributed by atoms with Gasteiger partial charge in [-0.2, -0.15) is 4.31 Å². The number of nitrogens with zero attached hydrogens (tertiary/aromatic N) is 2. The molecule has 0 unspecified atom stereocenters. The van der Waals surface area contributed by atoms with Gasteiger partial charge in [-0.3, -0.25) is 4.79 Å². The molecule has 0 bridgehead atoms. The van der Waals surface area contributed by atoms with Crippen LogP contribution in [-0.4, -0.2) is 69.3 Å². The van der Waals surface area contributed by atoms with Crippen LogP contribution in [-0.2, 0) is 14.8 Å². The highest BCUT2D eigenvalue weighted by Crippen LogP contribution is 2.20. The second kappa shape index (κ2) is 8.51. The van der Waals surface area contributed by atoms with E-state index in [1.165, 1.54) is 15.6 Å².